The first-order valence-corrected chi connectivity index (χ1v) is 11.7. The number of aliphatic imine (C=N–C) groups is 1. The molecule has 0 aromatic heterocycles. The van der Waals surface area contributed by atoms with Gasteiger partial charge in [0, 0.05) is 5.56 Å². The molecule has 0 atom stereocenters. The predicted molar refractivity (Wildman–Crippen MR) is 133 cm³/mol. The molecule has 1 amide bonds. The second-order valence-corrected chi connectivity index (χ2v) is 8.79. The Kier molecular flexibility index (Phi) is 6.93. The number of nitrogens with zero attached hydrogens (tertiary/aromatic N) is 3. The number of fused-ring (bicyclic) bond motifs is 1. The zero-order valence-electron chi connectivity index (χ0n) is 18.9. The van der Waals surface area contributed by atoms with Crippen molar-refractivity contribution in [2.45, 2.75) is 33.6 Å². The summed E-state index contributed by atoms with van der Waals surface area (Å²) < 4.78 is 11.7. The number of thioether (sulfide) groups is 1. The van der Waals surface area contributed by atoms with Crippen LogP contribution in [0.5, 0.6) is 11.5 Å². The number of hydrogen-bond acceptors (Lipinski definition) is 6. The van der Waals surface area contributed by atoms with Gasteiger partial charge >= 0.3 is 0 Å². The first kappa shape index (κ1) is 22.8. The van der Waals surface area contributed by atoms with Crippen molar-refractivity contribution >= 4 is 39.8 Å². The van der Waals surface area contributed by atoms with Crippen LogP contribution >= 0.6 is 11.8 Å². The Hall–Kier alpha value is -3.39. The van der Waals surface area contributed by atoms with Gasteiger partial charge in [0.05, 0.1) is 5.57 Å². The van der Waals surface area contributed by atoms with Crippen molar-refractivity contribution in [2.75, 3.05) is 13.2 Å². The van der Waals surface area contributed by atoms with E-state index in [0.29, 0.717) is 29.7 Å². The Balaban J connectivity index is 1.45. The summed E-state index contributed by atoms with van der Waals surface area (Å²) in [6.07, 6.45) is 3.37. The molecule has 7 nitrogen and oxygen atoms in total. The van der Waals surface area contributed by atoms with E-state index in [1.807, 2.05) is 42.5 Å². The number of amidine groups is 2. The molecule has 0 saturated carbocycles. The van der Waals surface area contributed by atoms with Gasteiger partial charge in [0.1, 0.15) is 29.8 Å². The van der Waals surface area contributed by atoms with Gasteiger partial charge < -0.3 is 9.47 Å². The van der Waals surface area contributed by atoms with Crippen LogP contribution in [0.3, 0.4) is 0 Å². The first-order valence-electron chi connectivity index (χ1n) is 10.9. The third kappa shape index (κ3) is 5.17. The molecule has 0 spiro atoms. The highest BCUT2D eigenvalue weighted by Gasteiger charge is 2.35. The Labute approximate surface area is 197 Å². The number of carbonyl (C=O) groups excluding carboxylic acids is 1. The minimum Gasteiger partial charge on any atom is -0.490 e. The molecule has 0 fully saturated rings. The summed E-state index contributed by atoms with van der Waals surface area (Å²) in [5, 5.41) is 15.7. The standard InChI is InChI=1S/C25H26N4O3S/c1-4-7-22-28-29-23(26)20(24(30)27-25(29)33-22)15-18-8-5-6-9-21(18)32-13-12-31-19-11-10-16(2)17(3)14-19/h5-6,8-11,14-15,26H,4,7,12-13H2,1-3H3. The molecule has 170 valence electrons. The van der Waals surface area contributed by atoms with E-state index in [9.17, 15) is 4.79 Å². The van der Waals surface area contributed by atoms with Crippen molar-refractivity contribution in [1.82, 2.24) is 5.01 Å². The zero-order valence-corrected chi connectivity index (χ0v) is 19.7. The van der Waals surface area contributed by atoms with Crippen LogP contribution < -0.4 is 9.47 Å². The largest absolute Gasteiger partial charge is 0.490 e. The summed E-state index contributed by atoms with van der Waals surface area (Å²) in [4.78, 5) is 16.8. The number of aryl methyl sites for hydroxylation is 2. The molecule has 0 unspecified atom stereocenters. The molecule has 8 heteroatoms. The van der Waals surface area contributed by atoms with Crippen LogP contribution in [-0.2, 0) is 4.79 Å². The second kappa shape index (κ2) is 10.0. The highest BCUT2D eigenvalue weighted by molar-refractivity contribution is 8.26. The number of rotatable bonds is 8. The Morgan fingerprint density at radius 3 is 2.67 bits per heavy atom. The van der Waals surface area contributed by atoms with Crippen LogP contribution in [0.2, 0.25) is 0 Å². The van der Waals surface area contributed by atoms with Crippen molar-refractivity contribution in [3.05, 3.63) is 64.7 Å². The summed E-state index contributed by atoms with van der Waals surface area (Å²) in [5.41, 5.74) is 3.28. The van der Waals surface area contributed by atoms with E-state index in [2.05, 4.69) is 30.9 Å². The zero-order chi connectivity index (χ0) is 23.4. The van der Waals surface area contributed by atoms with Gasteiger partial charge in [0.25, 0.3) is 5.91 Å². The quantitative estimate of drug-likeness (QED) is 0.431. The summed E-state index contributed by atoms with van der Waals surface area (Å²) in [6.45, 7) is 6.91. The number of amides is 1. The molecule has 2 aromatic rings. The summed E-state index contributed by atoms with van der Waals surface area (Å²) in [6, 6.07) is 13.4. The molecule has 2 aromatic carbocycles. The van der Waals surface area contributed by atoms with Crippen LogP contribution in [0.25, 0.3) is 6.08 Å². The lowest BCUT2D eigenvalue weighted by molar-refractivity contribution is -0.114. The van der Waals surface area contributed by atoms with E-state index in [1.165, 1.54) is 27.9 Å². The number of ether oxygens (including phenoxy) is 2. The van der Waals surface area contributed by atoms with Crippen LogP contribution in [0, 0.1) is 19.3 Å². The van der Waals surface area contributed by atoms with Gasteiger partial charge in [-0.1, -0.05) is 31.2 Å². The Bertz CT molecular complexity index is 1190. The number of carbonyl (C=O) groups is 1. The first-order chi connectivity index (χ1) is 16.0. The third-order valence-electron chi connectivity index (χ3n) is 5.27. The van der Waals surface area contributed by atoms with Crippen LogP contribution in [0.15, 0.2) is 58.1 Å². The van der Waals surface area contributed by atoms with E-state index < -0.39 is 5.91 Å². The molecule has 2 aliphatic rings. The Morgan fingerprint density at radius 2 is 1.88 bits per heavy atom. The minimum atomic E-state index is -0.445. The number of benzene rings is 2. The average Bonchev–Trinajstić information content (AvgIpc) is 3.20. The smallest absolute Gasteiger partial charge is 0.283 e. The average molecular weight is 463 g/mol. The number of hydrazone groups is 1. The lowest BCUT2D eigenvalue weighted by atomic mass is 10.1. The minimum absolute atomic E-state index is 0.0245. The lowest BCUT2D eigenvalue weighted by Gasteiger charge is -2.20. The highest BCUT2D eigenvalue weighted by Crippen LogP contribution is 2.31. The molecular weight excluding hydrogens is 436 g/mol. The maximum atomic E-state index is 12.6. The molecular formula is C25H26N4O3S. The molecule has 2 heterocycles. The van der Waals surface area contributed by atoms with Crippen LogP contribution in [0.1, 0.15) is 36.5 Å². The third-order valence-corrected chi connectivity index (χ3v) is 6.24. The van der Waals surface area contributed by atoms with Crippen LogP contribution in [-0.4, -0.2) is 40.2 Å². The molecule has 0 saturated heterocycles. The Morgan fingerprint density at radius 1 is 1.09 bits per heavy atom. The van der Waals surface area contributed by atoms with Crippen molar-refractivity contribution in [3.8, 4) is 11.5 Å². The van der Waals surface area contributed by atoms with E-state index in [4.69, 9.17) is 14.9 Å². The van der Waals surface area contributed by atoms with Crippen molar-refractivity contribution in [1.29, 1.82) is 5.41 Å². The molecule has 0 radical (unpaired) electrons. The van der Waals surface area contributed by atoms with Gasteiger partial charge in [-0.05, 0) is 73.9 Å². The topological polar surface area (TPSA) is 87.3 Å². The van der Waals surface area contributed by atoms with Gasteiger partial charge in [-0.25, -0.2) is 0 Å². The van der Waals surface area contributed by atoms with Crippen molar-refractivity contribution in [3.63, 3.8) is 0 Å². The fraction of sp³-hybridized carbons (Fsp3) is 0.280. The SMILES string of the molecule is CCCC1=NN2C(=N)C(=Cc3ccccc3OCCOc3ccc(C)c(C)c3)C(=O)N=C2S1. The number of nitrogens with one attached hydrogen (secondary N) is 1. The van der Waals surface area contributed by atoms with E-state index in [1.54, 1.807) is 6.08 Å². The van der Waals surface area contributed by atoms with Gasteiger partial charge in [0.15, 0.2) is 5.84 Å². The maximum absolute atomic E-state index is 12.6. The van der Waals surface area contributed by atoms with E-state index in [-0.39, 0.29) is 11.4 Å². The molecule has 4 rings (SSSR count). The fourth-order valence-electron chi connectivity index (χ4n) is 3.35. The van der Waals surface area contributed by atoms with Gasteiger partial charge in [-0.15, -0.1) is 0 Å². The van der Waals surface area contributed by atoms with Crippen molar-refractivity contribution in [2.24, 2.45) is 10.1 Å². The maximum Gasteiger partial charge on any atom is 0.283 e. The predicted octanol–water partition coefficient (Wildman–Crippen LogP) is 5.18. The number of hydrogen-bond donors (Lipinski definition) is 1. The van der Waals surface area contributed by atoms with Gasteiger partial charge in [0.2, 0.25) is 5.17 Å². The highest BCUT2D eigenvalue weighted by atomic mass is 32.2. The number of para-hydroxylation sites is 1. The molecule has 0 bridgehead atoms. The molecule has 33 heavy (non-hydrogen) atoms. The summed E-state index contributed by atoms with van der Waals surface area (Å²) in [7, 11) is 0. The lowest BCUT2D eigenvalue weighted by Crippen LogP contribution is -2.35. The van der Waals surface area contributed by atoms with E-state index >= 15 is 0 Å². The van der Waals surface area contributed by atoms with Crippen LogP contribution in [0.4, 0.5) is 0 Å². The summed E-state index contributed by atoms with van der Waals surface area (Å²) in [5.74, 6) is 0.990. The van der Waals surface area contributed by atoms with Crippen molar-refractivity contribution < 1.29 is 14.3 Å². The molecule has 1 N–H and O–H groups in total. The van der Waals surface area contributed by atoms with Gasteiger partial charge in [-0.2, -0.15) is 15.1 Å². The molecule has 0 aliphatic carbocycles. The molecule has 2 aliphatic heterocycles. The van der Waals surface area contributed by atoms with E-state index in [0.717, 1.165) is 23.6 Å². The second-order valence-electron chi connectivity index (χ2n) is 7.74. The fourth-order valence-corrected chi connectivity index (χ4v) is 4.33. The normalized spacial score (nSPS) is 16.6. The monoisotopic (exact) mass is 462 g/mol. The van der Waals surface area contributed by atoms with Gasteiger partial charge in [-0.3, -0.25) is 10.2 Å². The summed E-state index contributed by atoms with van der Waals surface area (Å²) >= 11 is 1.35.